The first-order chi connectivity index (χ1) is 11.4. The van der Waals surface area contributed by atoms with E-state index in [0.717, 1.165) is 19.3 Å². The van der Waals surface area contributed by atoms with Crippen molar-refractivity contribution in [1.29, 1.82) is 0 Å². The molecule has 0 radical (unpaired) electrons. The number of fused-ring (bicyclic) bond motifs is 1. The van der Waals surface area contributed by atoms with Crippen molar-refractivity contribution in [2.24, 2.45) is 0 Å². The SMILES string of the molecule is C[C@H](O)CN1CCN(S(=O)(=O)c2ccc3c(c2)CCCC3)[C@@H](C)C1. The maximum atomic E-state index is 13.1. The fourth-order valence-electron chi connectivity index (χ4n) is 3.92. The van der Waals surface area contributed by atoms with Crippen molar-refractivity contribution in [3.05, 3.63) is 29.3 Å². The molecule has 0 amide bonds. The van der Waals surface area contributed by atoms with Gasteiger partial charge in [-0.3, -0.25) is 4.90 Å². The Bertz CT molecular complexity index is 688. The smallest absolute Gasteiger partial charge is 0.243 e. The highest BCUT2D eigenvalue weighted by Gasteiger charge is 2.34. The summed E-state index contributed by atoms with van der Waals surface area (Å²) >= 11 is 0. The molecule has 6 heteroatoms. The van der Waals surface area contributed by atoms with Crippen LogP contribution in [0, 0.1) is 0 Å². The van der Waals surface area contributed by atoms with E-state index in [4.69, 9.17) is 0 Å². The quantitative estimate of drug-likeness (QED) is 0.895. The van der Waals surface area contributed by atoms with Crippen molar-refractivity contribution in [2.75, 3.05) is 26.2 Å². The van der Waals surface area contributed by atoms with Gasteiger partial charge in [-0.15, -0.1) is 0 Å². The van der Waals surface area contributed by atoms with Crippen LogP contribution < -0.4 is 0 Å². The van der Waals surface area contributed by atoms with Crippen molar-refractivity contribution < 1.29 is 13.5 Å². The number of benzene rings is 1. The van der Waals surface area contributed by atoms with Crippen LogP contribution in [0.1, 0.15) is 37.8 Å². The summed E-state index contributed by atoms with van der Waals surface area (Å²) in [6.07, 6.45) is 3.99. The summed E-state index contributed by atoms with van der Waals surface area (Å²) in [4.78, 5) is 2.56. The zero-order chi connectivity index (χ0) is 17.3. The molecule has 24 heavy (non-hydrogen) atoms. The zero-order valence-corrected chi connectivity index (χ0v) is 15.4. The second-order valence-corrected chi connectivity index (χ2v) is 9.10. The van der Waals surface area contributed by atoms with E-state index in [0.29, 0.717) is 31.1 Å². The van der Waals surface area contributed by atoms with Gasteiger partial charge in [-0.1, -0.05) is 6.07 Å². The first-order valence-corrected chi connectivity index (χ1v) is 10.4. The van der Waals surface area contributed by atoms with E-state index in [9.17, 15) is 13.5 Å². The minimum atomic E-state index is -3.45. The highest BCUT2D eigenvalue weighted by molar-refractivity contribution is 7.89. The number of nitrogens with zero attached hydrogens (tertiary/aromatic N) is 2. The van der Waals surface area contributed by atoms with Crippen molar-refractivity contribution in [2.45, 2.75) is 56.6 Å². The average molecular weight is 353 g/mol. The van der Waals surface area contributed by atoms with Crippen LogP contribution in [0.25, 0.3) is 0 Å². The molecule has 1 fully saturated rings. The van der Waals surface area contributed by atoms with Crippen LogP contribution in [0.15, 0.2) is 23.1 Å². The van der Waals surface area contributed by atoms with Crippen molar-refractivity contribution in [3.63, 3.8) is 0 Å². The normalized spacial score (nSPS) is 24.5. The topological polar surface area (TPSA) is 60.9 Å². The molecule has 0 unspecified atom stereocenters. The predicted molar refractivity (Wildman–Crippen MR) is 94.6 cm³/mol. The molecule has 5 nitrogen and oxygen atoms in total. The van der Waals surface area contributed by atoms with Gasteiger partial charge in [-0.25, -0.2) is 8.42 Å². The van der Waals surface area contributed by atoms with Gasteiger partial charge in [0.1, 0.15) is 0 Å². The third-order valence-corrected chi connectivity index (χ3v) is 7.11. The first-order valence-electron chi connectivity index (χ1n) is 8.92. The minimum Gasteiger partial charge on any atom is -0.392 e. The predicted octanol–water partition coefficient (Wildman–Crippen LogP) is 1.64. The lowest BCUT2D eigenvalue weighted by molar-refractivity contribution is 0.0840. The molecule has 2 aliphatic rings. The summed E-state index contributed by atoms with van der Waals surface area (Å²) in [6.45, 7) is 6.11. The zero-order valence-electron chi connectivity index (χ0n) is 14.6. The van der Waals surface area contributed by atoms with Crippen LogP contribution in [-0.2, 0) is 22.9 Å². The van der Waals surface area contributed by atoms with Gasteiger partial charge in [0.05, 0.1) is 11.0 Å². The van der Waals surface area contributed by atoms with Gasteiger partial charge < -0.3 is 5.11 Å². The van der Waals surface area contributed by atoms with Crippen molar-refractivity contribution in [1.82, 2.24) is 9.21 Å². The van der Waals surface area contributed by atoms with Gasteiger partial charge in [0.2, 0.25) is 10.0 Å². The summed E-state index contributed by atoms with van der Waals surface area (Å²) in [5.74, 6) is 0. The Morgan fingerprint density at radius 1 is 1.21 bits per heavy atom. The van der Waals surface area contributed by atoms with Crippen LogP contribution in [0.3, 0.4) is 0 Å². The number of aryl methyl sites for hydroxylation is 2. The lowest BCUT2D eigenvalue weighted by atomic mass is 9.92. The molecule has 1 N–H and O–H groups in total. The standard InChI is InChI=1S/C18H28N2O3S/c1-14-12-19(13-15(2)21)9-10-20(14)24(22,23)18-8-7-16-5-3-4-6-17(16)11-18/h7-8,11,14-15,21H,3-6,9-10,12-13H2,1-2H3/t14-,15-/m0/s1. The summed E-state index contributed by atoms with van der Waals surface area (Å²) in [7, 11) is -3.45. The molecule has 1 heterocycles. The number of aliphatic hydroxyl groups excluding tert-OH is 1. The van der Waals surface area contributed by atoms with Crippen LogP contribution >= 0.6 is 0 Å². The maximum absolute atomic E-state index is 13.1. The van der Waals surface area contributed by atoms with Crippen molar-refractivity contribution in [3.8, 4) is 0 Å². The van der Waals surface area contributed by atoms with Gasteiger partial charge >= 0.3 is 0 Å². The van der Waals surface area contributed by atoms with Crippen molar-refractivity contribution >= 4 is 10.0 Å². The summed E-state index contributed by atoms with van der Waals surface area (Å²) in [6, 6.07) is 5.57. The monoisotopic (exact) mass is 352 g/mol. The molecular formula is C18H28N2O3S. The lowest BCUT2D eigenvalue weighted by Gasteiger charge is -2.39. The number of hydrogen-bond donors (Lipinski definition) is 1. The van der Waals surface area contributed by atoms with Gasteiger partial charge in [-0.2, -0.15) is 4.31 Å². The molecule has 0 bridgehead atoms. The highest BCUT2D eigenvalue weighted by Crippen LogP contribution is 2.27. The molecule has 1 aromatic rings. The second-order valence-electron chi connectivity index (χ2n) is 7.21. The van der Waals surface area contributed by atoms with Gasteiger partial charge in [-0.05, 0) is 62.8 Å². The summed E-state index contributed by atoms with van der Waals surface area (Å²) in [5.41, 5.74) is 2.50. The maximum Gasteiger partial charge on any atom is 0.243 e. The Balaban J connectivity index is 1.78. The van der Waals surface area contributed by atoms with E-state index in [1.54, 1.807) is 17.3 Å². The van der Waals surface area contributed by atoms with Gasteiger partial charge in [0, 0.05) is 32.2 Å². The van der Waals surface area contributed by atoms with E-state index in [2.05, 4.69) is 4.90 Å². The number of rotatable bonds is 4. The third kappa shape index (κ3) is 3.67. The number of piperazine rings is 1. The molecule has 0 saturated carbocycles. The summed E-state index contributed by atoms with van der Waals surface area (Å²) in [5, 5.41) is 9.53. The Morgan fingerprint density at radius 2 is 1.92 bits per heavy atom. The number of aliphatic hydroxyl groups is 1. The second kappa shape index (κ2) is 7.12. The van der Waals surface area contributed by atoms with Gasteiger partial charge in [0.25, 0.3) is 0 Å². The van der Waals surface area contributed by atoms with E-state index in [-0.39, 0.29) is 12.1 Å². The summed E-state index contributed by atoms with van der Waals surface area (Å²) < 4.78 is 27.8. The van der Waals surface area contributed by atoms with Crippen LogP contribution in [0.2, 0.25) is 0 Å². The fourth-order valence-corrected chi connectivity index (χ4v) is 5.58. The molecule has 1 aliphatic carbocycles. The third-order valence-electron chi connectivity index (χ3n) is 5.10. The Kier molecular flexibility index (Phi) is 5.30. The molecule has 134 valence electrons. The van der Waals surface area contributed by atoms with Crippen LogP contribution in [0.5, 0.6) is 0 Å². The highest BCUT2D eigenvalue weighted by atomic mass is 32.2. The van der Waals surface area contributed by atoms with E-state index in [1.165, 1.54) is 17.5 Å². The average Bonchev–Trinajstić information content (AvgIpc) is 2.53. The number of hydrogen-bond acceptors (Lipinski definition) is 4. The minimum absolute atomic E-state index is 0.0847. The van der Waals surface area contributed by atoms with E-state index in [1.807, 2.05) is 19.1 Å². The lowest BCUT2D eigenvalue weighted by Crippen LogP contribution is -2.54. The molecule has 3 rings (SSSR count). The molecule has 1 aromatic carbocycles. The molecule has 2 atom stereocenters. The Hall–Kier alpha value is -0.950. The van der Waals surface area contributed by atoms with Crippen LogP contribution in [-0.4, -0.2) is 61.1 Å². The molecule has 0 spiro atoms. The molecule has 1 aliphatic heterocycles. The first kappa shape index (κ1) is 17.9. The largest absolute Gasteiger partial charge is 0.392 e. The van der Waals surface area contributed by atoms with Crippen LogP contribution in [0.4, 0.5) is 0 Å². The van der Waals surface area contributed by atoms with E-state index >= 15 is 0 Å². The van der Waals surface area contributed by atoms with E-state index < -0.39 is 10.0 Å². The Labute approximate surface area is 145 Å². The van der Waals surface area contributed by atoms with Gasteiger partial charge in [0.15, 0.2) is 0 Å². The fraction of sp³-hybridized carbons (Fsp3) is 0.667. The number of β-amino-alcohol motifs (C(OH)–C–C–N with tert-alkyl or cyclic N) is 1. The molecule has 0 aromatic heterocycles. The number of sulfonamides is 1. The Morgan fingerprint density at radius 3 is 2.58 bits per heavy atom. The molecule has 1 saturated heterocycles. The molecular weight excluding hydrogens is 324 g/mol.